The lowest BCUT2D eigenvalue weighted by molar-refractivity contribution is -0.116. The Balaban J connectivity index is 2.34. The third-order valence-corrected chi connectivity index (χ3v) is 4.81. The van der Waals surface area contributed by atoms with Crippen LogP contribution in [0.1, 0.15) is 12.8 Å². The highest BCUT2D eigenvalue weighted by molar-refractivity contribution is 9.09. The van der Waals surface area contributed by atoms with Crippen molar-refractivity contribution in [3.63, 3.8) is 0 Å². The first-order valence-electron chi connectivity index (χ1n) is 7.12. The van der Waals surface area contributed by atoms with Crippen molar-refractivity contribution < 1.29 is 18.7 Å². The molecule has 0 fully saturated rings. The van der Waals surface area contributed by atoms with E-state index in [9.17, 15) is 9.90 Å². The van der Waals surface area contributed by atoms with Gasteiger partial charge < -0.3 is 13.9 Å². The Hall–Kier alpha value is -1.32. The molecule has 2 N–H and O–H groups in total. The Labute approximate surface area is 148 Å². The fourth-order valence-corrected chi connectivity index (χ4v) is 3.49. The van der Waals surface area contributed by atoms with Crippen LogP contribution in [0.15, 0.2) is 16.0 Å². The minimum absolute atomic E-state index is 0.127. The molecule has 0 aromatic carbocycles. The van der Waals surface area contributed by atoms with Crippen LogP contribution in [0.25, 0.3) is 10.8 Å². The van der Waals surface area contributed by atoms with Gasteiger partial charge in [-0.2, -0.15) is 0 Å². The summed E-state index contributed by atoms with van der Waals surface area (Å²) in [4.78, 5) is 16.1. The van der Waals surface area contributed by atoms with Crippen LogP contribution < -0.4 is 9.74 Å². The Morgan fingerprint density at radius 2 is 2.26 bits per heavy atom. The van der Waals surface area contributed by atoms with Crippen molar-refractivity contribution in [1.82, 2.24) is 4.98 Å². The van der Waals surface area contributed by atoms with Gasteiger partial charge in [-0.1, -0.05) is 15.9 Å². The number of thiazole rings is 1. The average Bonchev–Trinajstić information content (AvgIpc) is 3.07. The number of carbonyl (C=O) groups is 1. The summed E-state index contributed by atoms with van der Waals surface area (Å²) in [6, 6.07) is 0. The Morgan fingerprint density at radius 1 is 1.52 bits per heavy atom. The van der Waals surface area contributed by atoms with Crippen molar-refractivity contribution in [3.8, 4) is 22.3 Å². The van der Waals surface area contributed by atoms with Crippen molar-refractivity contribution in [3.05, 3.63) is 11.6 Å². The van der Waals surface area contributed by atoms with E-state index < -0.39 is 8.32 Å². The van der Waals surface area contributed by atoms with Crippen LogP contribution in [0.2, 0.25) is 19.6 Å². The summed E-state index contributed by atoms with van der Waals surface area (Å²) in [7, 11) is -2.00. The number of amides is 1. The molecule has 0 atom stereocenters. The molecule has 0 saturated carbocycles. The first-order chi connectivity index (χ1) is 10.8. The van der Waals surface area contributed by atoms with E-state index in [1.54, 1.807) is 11.6 Å². The minimum Gasteiger partial charge on any atom is -0.538 e. The molecular weight excluding hydrogens is 400 g/mol. The first kappa shape index (κ1) is 18.0. The van der Waals surface area contributed by atoms with Gasteiger partial charge >= 0.3 is 0 Å². The quantitative estimate of drug-likeness (QED) is 0.512. The zero-order chi connectivity index (χ0) is 17.0. The van der Waals surface area contributed by atoms with E-state index in [0.717, 1.165) is 5.33 Å². The van der Waals surface area contributed by atoms with E-state index in [0.29, 0.717) is 17.8 Å². The third-order valence-electron chi connectivity index (χ3n) is 2.67. The molecule has 126 valence electrons. The van der Waals surface area contributed by atoms with Crippen LogP contribution >= 0.6 is 27.3 Å². The predicted octanol–water partition coefficient (Wildman–Crippen LogP) is 4.44. The molecule has 0 saturated heterocycles. The molecule has 0 aliphatic carbocycles. The molecule has 9 heteroatoms. The summed E-state index contributed by atoms with van der Waals surface area (Å²) in [6.07, 6.45) is 2.68. The van der Waals surface area contributed by atoms with Crippen molar-refractivity contribution in [2.24, 2.45) is 0 Å². The van der Waals surface area contributed by atoms with Gasteiger partial charge in [-0.05, 0) is 26.1 Å². The number of rotatable bonds is 7. The average molecular weight is 419 g/mol. The maximum atomic E-state index is 12.0. The molecule has 23 heavy (non-hydrogen) atoms. The number of hydrogen-bond acceptors (Lipinski definition) is 6. The molecule has 2 heterocycles. The number of furan rings is 1. The van der Waals surface area contributed by atoms with Gasteiger partial charge in [0.1, 0.15) is 0 Å². The number of anilines is 1. The molecule has 0 spiro atoms. The summed E-state index contributed by atoms with van der Waals surface area (Å²) in [6.45, 7) is 5.96. The van der Waals surface area contributed by atoms with Crippen LogP contribution in [0, 0.1) is 0 Å². The van der Waals surface area contributed by atoms with Gasteiger partial charge in [-0.3, -0.25) is 10.1 Å². The molecule has 0 aliphatic heterocycles. The summed E-state index contributed by atoms with van der Waals surface area (Å²) >= 11 is 4.62. The highest BCUT2D eigenvalue weighted by atomic mass is 79.9. The van der Waals surface area contributed by atoms with E-state index >= 15 is 0 Å². The van der Waals surface area contributed by atoms with E-state index in [4.69, 9.17) is 8.84 Å². The zero-order valence-corrected chi connectivity index (χ0v) is 16.6. The molecule has 0 aliphatic rings. The van der Waals surface area contributed by atoms with Gasteiger partial charge in [0.25, 0.3) is 0 Å². The van der Waals surface area contributed by atoms with Crippen molar-refractivity contribution in [1.29, 1.82) is 0 Å². The molecule has 2 rings (SSSR count). The summed E-state index contributed by atoms with van der Waals surface area (Å²) < 4.78 is 11.5. The first-order valence-corrected chi connectivity index (χ1v) is 12.5. The number of nitrogens with zero attached hydrogens (tertiary/aromatic N) is 1. The largest absolute Gasteiger partial charge is 0.538 e. The SMILES string of the molecule is C[Si](C)(C)Oc1c(NC(=O)CCCBr)oc(-c2nccs2)c1O. The standard InChI is InChI=1S/C14H19BrN2O4SSi/c1-23(2,3)21-11-10(19)12(14-16-7-8-22-14)20-13(11)17-9(18)5-4-6-15/h7-8,19H,4-6H2,1-3H3,(H,17,18). The third kappa shape index (κ3) is 4.82. The van der Waals surface area contributed by atoms with E-state index in [1.165, 1.54) is 11.3 Å². The van der Waals surface area contributed by atoms with Crippen LogP contribution in [0.5, 0.6) is 11.5 Å². The van der Waals surface area contributed by atoms with Crippen LogP contribution in [-0.2, 0) is 4.79 Å². The second-order valence-electron chi connectivity index (χ2n) is 5.83. The topological polar surface area (TPSA) is 84.6 Å². The van der Waals surface area contributed by atoms with E-state index in [-0.39, 0.29) is 29.1 Å². The zero-order valence-electron chi connectivity index (χ0n) is 13.2. The second kappa shape index (κ2) is 7.50. The lowest BCUT2D eigenvalue weighted by Gasteiger charge is -2.18. The van der Waals surface area contributed by atoms with Crippen molar-refractivity contribution in [2.75, 3.05) is 10.6 Å². The summed E-state index contributed by atoms with van der Waals surface area (Å²) in [5, 5.41) is 16.2. The fourth-order valence-electron chi connectivity index (χ4n) is 1.79. The fraction of sp³-hybridized carbons (Fsp3) is 0.429. The minimum atomic E-state index is -2.00. The predicted molar refractivity (Wildman–Crippen MR) is 97.1 cm³/mol. The van der Waals surface area contributed by atoms with Gasteiger partial charge in [-0.15, -0.1) is 11.3 Å². The number of hydrogen-bond donors (Lipinski definition) is 2. The molecular formula is C14H19BrN2O4SSi. The van der Waals surface area contributed by atoms with Gasteiger partial charge in [0.15, 0.2) is 5.01 Å². The van der Waals surface area contributed by atoms with E-state index in [1.807, 2.05) is 19.6 Å². The monoisotopic (exact) mass is 418 g/mol. The maximum Gasteiger partial charge on any atom is 0.245 e. The second-order valence-corrected chi connectivity index (χ2v) is 11.9. The number of alkyl halides is 1. The lowest BCUT2D eigenvalue weighted by Crippen LogP contribution is -2.29. The number of carbonyl (C=O) groups excluding carboxylic acids is 1. The number of aromatic nitrogens is 1. The number of halogens is 1. The smallest absolute Gasteiger partial charge is 0.245 e. The van der Waals surface area contributed by atoms with E-state index in [2.05, 4.69) is 26.2 Å². The van der Waals surface area contributed by atoms with Gasteiger partial charge in [0.05, 0.1) is 0 Å². The molecule has 6 nitrogen and oxygen atoms in total. The highest BCUT2D eigenvalue weighted by Crippen LogP contribution is 2.47. The Kier molecular flexibility index (Phi) is 5.87. The maximum absolute atomic E-state index is 12.0. The molecule has 0 bridgehead atoms. The molecule has 0 radical (unpaired) electrons. The molecule has 1 amide bonds. The van der Waals surface area contributed by atoms with Crippen LogP contribution in [0.4, 0.5) is 5.88 Å². The molecule has 2 aromatic heterocycles. The van der Waals surface area contributed by atoms with Gasteiger partial charge in [-0.25, -0.2) is 4.98 Å². The van der Waals surface area contributed by atoms with Gasteiger partial charge in [0, 0.05) is 23.3 Å². The van der Waals surface area contributed by atoms with Gasteiger partial charge in [0.2, 0.25) is 37.4 Å². The summed E-state index contributed by atoms with van der Waals surface area (Å²) in [5.41, 5.74) is 0. The Morgan fingerprint density at radius 3 is 2.83 bits per heavy atom. The summed E-state index contributed by atoms with van der Waals surface area (Å²) in [5.74, 6) is 0.211. The Bertz CT molecular complexity index is 667. The normalized spacial score (nSPS) is 11.5. The number of aromatic hydroxyl groups is 1. The number of nitrogens with one attached hydrogen (secondary N) is 1. The van der Waals surface area contributed by atoms with Crippen molar-refractivity contribution >= 4 is 47.4 Å². The highest BCUT2D eigenvalue weighted by Gasteiger charge is 2.29. The van der Waals surface area contributed by atoms with Crippen LogP contribution in [0.3, 0.4) is 0 Å². The van der Waals surface area contributed by atoms with Crippen molar-refractivity contribution in [2.45, 2.75) is 32.5 Å². The lowest BCUT2D eigenvalue weighted by atomic mass is 10.3. The van der Waals surface area contributed by atoms with Crippen LogP contribution in [-0.4, -0.2) is 29.6 Å². The molecule has 0 unspecified atom stereocenters. The molecule has 2 aromatic rings.